The van der Waals surface area contributed by atoms with Crippen molar-refractivity contribution in [3.05, 3.63) is 81.8 Å². The highest BCUT2D eigenvalue weighted by molar-refractivity contribution is 6.30. The van der Waals surface area contributed by atoms with Gasteiger partial charge < -0.3 is 15.7 Å². The summed E-state index contributed by atoms with van der Waals surface area (Å²) >= 11 is 6.11. The Balaban J connectivity index is 1.68. The van der Waals surface area contributed by atoms with Gasteiger partial charge in [0.25, 0.3) is 5.91 Å². The van der Waals surface area contributed by atoms with E-state index >= 15 is 0 Å². The Bertz CT molecular complexity index is 1230. The first-order valence-electron chi connectivity index (χ1n) is 9.93. The lowest BCUT2D eigenvalue weighted by molar-refractivity contribution is -0.132. The smallest absolute Gasteiger partial charge is 0.252 e. The van der Waals surface area contributed by atoms with E-state index in [1.54, 1.807) is 58.1 Å². The number of nitrogens with two attached hydrogens (primary N) is 1. The zero-order valence-electron chi connectivity index (χ0n) is 17.0. The second kappa shape index (κ2) is 8.83. The van der Waals surface area contributed by atoms with E-state index in [9.17, 15) is 14.7 Å². The monoisotopic (exact) mass is 449 g/mol. The van der Waals surface area contributed by atoms with Crippen LogP contribution in [0.4, 0.5) is 5.69 Å². The maximum absolute atomic E-state index is 13.0. The zero-order chi connectivity index (χ0) is 22.8. The Morgan fingerprint density at radius 3 is 2.62 bits per heavy atom. The zero-order valence-corrected chi connectivity index (χ0v) is 17.8. The lowest BCUT2D eigenvalue weighted by Crippen LogP contribution is -2.43. The number of halogens is 1. The fourth-order valence-corrected chi connectivity index (χ4v) is 4.09. The summed E-state index contributed by atoms with van der Waals surface area (Å²) in [7, 11) is 0. The van der Waals surface area contributed by atoms with Gasteiger partial charge in [-0.15, -0.1) is 0 Å². The summed E-state index contributed by atoms with van der Waals surface area (Å²) < 4.78 is 1.59. The molecule has 1 atom stereocenters. The van der Waals surface area contributed by atoms with Gasteiger partial charge in [-0.2, -0.15) is 5.10 Å². The van der Waals surface area contributed by atoms with Crippen LogP contribution in [0, 0.1) is 6.57 Å². The molecule has 8 nitrogen and oxygen atoms in total. The Labute approximate surface area is 189 Å². The largest absolute Gasteiger partial charge is 0.394 e. The molecule has 9 heteroatoms. The van der Waals surface area contributed by atoms with Crippen LogP contribution in [0.25, 0.3) is 16.1 Å². The quantitative estimate of drug-likeness (QED) is 0.584. The van der Waals surface area contributed by atoms with Crippen molar-refractivity contribution in [3.8, 4) is 11.3 Å². The standard InChI is InChI=1S/C23H20ClN5O3/c1-26-17-7-5-14(6-8-17)9-20(31)28-11-18(13-30)29-19(12-28)21(23(25)32)22(27-29)15-3-2-4-16(24)10-15/h2-8,10,18,30H,9,11-13H2,(H2,25,32). The van der Waals surface area contributed by atoms with Gasteiger partial charge in [0, 0.05) is 17.1 Å². The Kier molecular flexibility index (Phi) is 5.95. The average molecular weight is 450 g/mol. The molecule has 0 aliphatic carbocycles. The number of benzene rings is 2. The van der Waals surface area contributed by atoms with Crippen molar-refractivity contribution in [1.29, 1.82) is 0 Å². The number of aromatic nitrogens is 2. The fourth-order valence-electron chi connectivity index (χ4n) is 3.90. The summed E-state index contributed by atoms with van der Waals surface area (Å²) in [6.45, 7) is 7.16. The first-order chi connectivity index (χ1) is 15.4. The molecule has 0 saturated heterocycles. The van der Waals surface area contributed by atoms with E-state index in [4.69, 9.17) is 23.9 Å². The van der Waals surface area contributed by atoms with Gasteiger partial charge in [0.05, 0.1) is 43.4 Å². The topological polar surface area (TPSA) is 106 Å². The fraction of sp³-hybridized carbons (Fsp3) is 0.217. The molecule has 3 aromatic rings. The van der Waals surface area contributed by atoms with Crippen LogP contribution < -0.4 is 5.73 Å². The molecule has 1 aliphatic heterocycles. The molecule has 1 aromatic heterocycles. The minimum absolute atomic E-state index is 0.137. The molecule has 4 rings (SSSR count). The van der Waals surface area contributed by atoms with E-state index in [0.717, 1.165) is 5.56 Å². The molecule has 0 bridgehead atoms. The van der Waals surface area contributed by atoms with Crippen LogP contribution in [-0.2, 0) is 17.8 Å². The van der Waals surface area contributed by atoms with Crippen molar-refractivity contribution >= 4 is 29.1 Å². The van der Waals surface area contributed by atoms with Crippen LogP contribution in [-0.4, -0.2) is 44.8 Å². The molecular weight excluding hydrogens is 430 g/mol. The van der Waals surface area contributed by atoms with E-state index in [1.807, 2.05) is 0 Å². The number of aliphatic hydroxyl groups excluding tert-OH is 1. The summed E-state index contributed by atoms with van der Waals surface area (Å²) in [5.41, 5.74) is 8.67. The third-order valence-electron chi connectivity index (χ3n) is 5.46. The van der Waals surface area contributed by atoms with Gasteiger partial charge in [-0.05, 0) is 17.7 Å². The van der Waals surface area contributed by atoms with Gasteiger partial charge in [0.15, 0.2) is 5.69 Å². The number of carbonyl (C=O) groups is 2. The van der Waals surface area contributed by atoms with Crippen LogP contribution >= 0.6 is 11.6 Å². The number of hydrogen-bond acceptors (Lipinski definition) is 4. The minimum atomic E-state index is -0.665. The summed E-state index contributed by atoms with van der Waals surface area (Å²) in [6.07, 6.45) is 0.137. The van der Waals surface area contributed by atoms with Crippen molar-refractivity contribution in [1.82, 2.24) is 14.7 Å². The second-order valence-electron chi connectivity index (χ2n) is 7.56. The van der Waals surface area contributed by atoms with Crippen molar-refractivity contribution in [3.63, 3.8) is 0 Å². The molecule has 162 valence electrons. The predicted octanol–water partition coefficient (Wildman–Crippen LogP) is 2.97. The summed E-state index contributed by atoms with van der Waals surface area (Å²) in [4.78, 5) is 30.3. The van der Waals surface area contributed by atoms with Crippen LogP contribution in [0.3, 0.4) is 0 Å². The van der Waals surface area contributed by atoms with Crippen LogP contribution in [0.15, 0.2) is 48.5 Å². The SMILES string of the molecule is [C-]#[N+]c1ccc(CC(=O)N2Cc3c(C(N)=O)c(-c4cccc(Cl)c4)nn3C(CO)C2)cc1. The maximum atomic E-state index is 13.0. The van der Waals surface area contributed by atoms with E-state index in [0.29, 0.717) is 27.7 Å². The first-order valence-corrected chi connectivity index (χ1v) is 10.3. The van der Waals surface area contributed by atoms with Gasteiger partial charge in [-0.1, -0.05) is 48.0 Å². The number of hydrogen-bond donors (Lipinski definition) is 2. The van der Waals surface area contributed by atoms with E-state index in [2.05, 4.69) is 9.94 Å². The first kappa shape index (κ1) is 21.6. The molecule has 2 aromatic carbocycles. The Morgan fingerprint density at radius 2 is 2.00 bits per heavy atom. The van der Waals surface area contributed by atoms with Crippen molar-refractivity contribution in [2.24, 2.45) is 5.73 Å². The van der Waals surface area contributed by atoms with E-state index in [1.165, 1.54) is 0 Å². The normalized spacial score (nSPS) is 15.2. The predicted molar refractivity (Wildman–Crippen MR) is 119 cm³/mol. The van der Waals surface area contributed by atoms with Gasteiger partial charge in [0.2, 0.25) is 5.91 Å². The highest BCUT2D eigenvalue weighted by Gasteiger charge is 2.34. The third kappa shape index (κ3) is 4.08. The number of nitrogens with zero attached hydrogens (tertiary/aromatic N) is 4. The maximum Gasteiger partial charge on any atom is 0.252 e. The number of aliphatic hydroxyl groups is 1. The molecule has 1 aliphatic rings. The van der Waals surface area contributed by atoms with Crippen LogP contribution in [0.5, 0.6) is 0 Å². The summed E-state index contributed by atoms with van der Waals surface area (Å²) in [5.74, 6) is -0.826. The molecule has 2 amide bonds. The van der Waals surface area contributed by atoms with Gasteiger partial charge in [-0.3, -0.25) is 14.3 Å². The molecule has 3 N–H and O–H groups in total. The summed E-state index contributed by atoms with van der Waals surface area (Å²) in [5, 5.41) is 15.0. The van der Waals surface area contributed by atoms with Crippen molar-refractivity contribution < 1.29 is 14.7 Å². The molecule has 0 saturated carbocycles. The number of rotatable bonds is 5. The molecule has 1 unspecified atom stereocenters. The van der Waals surface area contributed by atoms with Gasteiger partial charge in [0.1, 0.15) is 5.69 Å². The highest BCUT2D eigenvalue weighted by atomic mass is 35.5. The van der Waals surface area contributed by atoms with Gasteiger partial charge in [-0.25, -0.2) is 4.85 Å². The molecule has 0 fully saturated rings. The van der Waals surface area contributed by atoms with Crippen LogP contribution in [0.1, 0.15) is 27.7 Å². The van der Waals surface area contributed by atoms with Gasteiger partial charge >= 0.3 is 0 Å². The highest BCUT2D eigenvalue weighted by Crippen LogP contribution is 2.32. The number of amides is 2. The van der Waals surface area contributed by atoms with E-state index < -0.39 is 11.9 Å². The molecule has 2 heterocycles. The Hall–Kier alpha value is -3.67. The van der Waals surface area contributed by atoms with Crippen molar-refractivity contribution in [2.75, 3.05) is 13.2 Å². The molecular formula is C23H20ClN5O3. The number of fused-ring (bicyclic) bond motifs is 1. The number of primary amides is 1. The molecule has 32 heavy (non-hydrogen) atoms. The minimum Gasteiger partial charge on any atom is -0.394 e. The third-order valence-corrected chi connectivity index (χ3v) is 5.69. The van der Waals surface area contributed by atoms with Crippen LogP contribution in [0.2, 0.25) is 5.02 Å². The summed E-state index contributed by atoms with van der Waals surface area (Å²) in [6, 6.07) is 13.2. The molecule has 0 radical (unpaired) electrons. The number of carbonyl (C=O) groups excluding carboxylic acids is 2. The second-order valence-corrected chi connectivity index (χ2v) is 7.99. The lowest BCUT2D eigenvalue weighted by Gasteiger charge is -2.33. The average Bonchev–Trinajstić information content (AvgIpc) is 3.19. The lowest BCUT2D eigenvalue weighted by atomic mass is 10.0. The molecule has 0 spiro atoms. The Morgan fingerprint density at radius 1 is 1.25 bits per heavy atom. The van der Waals surface area contributed by atoms with Crippen molar-refractivity contribution in [2.45, 2.75) is 19.0 Å². The van der Waals surface area contributed by atoms with E-state index in [-0.39, 0.29) is 37.6 Å².